The first kappa shape index (κ1) is 25.3. The number of rotatable bonds is 7. The van der Waals surface area contributed by atoms with Crippen molar-refractivity contribution in [3.05, 3.63) is 41.1 Å². The Morgan fingerprint density at radius 3 is 2.40 bits per heavy atom. The summed E-state index contributed by atoms with van der Waals surface area (Å²) >= 11 is 0. The molecule has 1 saturated heterocycles. The van der Waals surface area contributed by atoms with E-state index < -0.39 is 17.9 Å². The van der Waals surface area contributed by atoms with E-state index in [4.69, 9.17) is 0 Å². The summed E-state index contributed by atoms with van der Waals surface area (Å²) < 4.78 is 0. The third-order valence-electron chi connectivity index (χ3n) is 5.22. The molecular formula is C22H31ClN4O3. The predicted octanol–water partition coefficient (Wildman–Crippen LogP) is 2.87. The van der Waals surface area contributed by atoms with Crippen LogP contribution in [0, 0.1) is 31.1 Å². The predicted molar refractivity (Wildman–Crippen MR) is 120 cm³/mol. The molecule has 30 heavy (non-hydrogen) atoms. The second-order valence-corrected chi connectivity index (χ2v) is 7.89. The molecule has 1 aromatic rings. The van der Waals surface area contributed by atoms with Gasteiger partial charge < -0.3 is 20.2 Å². The van der Waals surface area contributed by atoms with Crippen molar-refractivity contribution in [2.24, 2.45) is 5.92 Å². The van der Waals surface area contributed by atoms with Crippen LogP contribution in [0.2, 0.25) is 0 Å². The van der Waals surface area contributed by atoms with Gasteiger partial charge in [-0.05, 0) is 43.4 Å². The summed E-state index contributed by atoms with van der Waals surface area (Å²) in [5.74, 6) is -1.62. The van der Waals surface area contributed by atoms with Crippen LogP contribution in [0.25, 0.3) is 0 Å². The van der Waals surface area contributed by atoms with E-state index in [0.717, 1.165) is 13.1 Å². The van der Waals surface area contributed by atoms with Crippen LogP contribution in [-0.4, -0.2) is 54.1 Å². The SMILES string of the molecule is Cc1cccc(N2CCN(/C=C(/C#N)C(=O)NC(CC(C)C)C(=O)O)CC2)c1C.Cl. The van der Waals surface area contributed by atoms with Gasteiger partial charge in [-0.1, -0.05) is 26.0 Å². The molecule has 1 unspecified atom stereocenters. The Labute approximate surface area is 184 Å². The highest BCUT2D eigenvalue weighted by Gasteiger charge is 2.24. The Bertz CT molecular complexity index is 824. The quantitative estimate of drug-likeness (QED) is 0.506. The monoisotopic (exact) mass is 434 g/mol. The van der Waals surface area contributed by atoms with Crippen LogP contribution < -0.4 is 10.2 Å². The maximum atomic E-state index is 12.4. The van der Waals surface area contributed by atoms with Crippen molar-refractivity contribution in [1.29, 1.82) is 5.26 Å². The third-order valence-corrected chi connectivity index (χ3v) is 5.22. The number of nitrogens with zero attached hydrogens (tertiary/aromatic N) is 3. The first-order valence-electron chi connectivity index (χ1n) is 9.93. The molecule has 0 saturated carbocycles. The lowest BCUT2D eigenvalue weighted by Gasteiger charge is -2.36. The van der Waals surface area contributed by atoms with Crippen LogP contribution in [0.15, 0.2) is 30.0 Å². The molecule has 8 heteroatoms. The fourth-order valence-corrected chi connectivity index (χ4v) is 3.42. The Balaban J connectivity index is 0.00000450. The van der Waals surface area contributed by atoms with E-state index in [1.54, 1.807) is 6.20 Å². The Morgan fingerprint density at radius 1 is 1.23 bits per heavy atom. The molecule has 1 fully saturated rings. The average Bonchev–Trinajstić information content (AvgIpc) is 2.67. The number of hydrogen-bond donors (Lipinski definition) is 2. The molecule has 0 radical (unpaired) electrons. The van der Waals surface area contributed by atoms with Gasteiger partial charge in [0.1, 0.15) is 17.7 Å². The number of carboxylic acid groups (broad SMARTS) is 1. The summed E-state index contributed by atoms with van der Waals surface area (Å²) in [5, 5.41) is 21.2. The highest BCUT2D eigenvalue weighted by Crippen LogP contribution is 2.24. The van der Waals surface area contributed by atoms with E-state index in [1.165, 1.54) is 16.8 Å². The van der Waals surface area contributed by atoms with Crippen molar-refractivity contribution in [3.8, 4) is 6.07 Å². The van der Waals surface area contributed by atoms with E-state index in [0.29, 0.717) is 19.5 Å². The molecule has 164 valence electrons. The number of amides is 1. The minimum Gasteiger partial charge on any atom is -0.480 e. The summed E-state index contributed by atoms with van der Waals surface area (Å²) in [6.07, 6.45) is 1.86. The van der Waals surface area contributed by atoms with Gasteiger partial charge in [0, 0.05) is 38.1 Å². The molecule has 2 N–H and O–H groups in total. The van der Waals surface area contributed by atoms with Gasteiger partial charge in [0.25, 0.3) is 5.91 Å². The molecule has 0 spiro atoms. The van der Waals surface area contributed by atoms with Gasteiger partial charge in [-0.25, -0.2) is 4.79 Å². The summed E-state index contributed by atoms with van der Waals surface area (Å²) in [7, 11) is 0. The van der Waals surface area contributed by atoms with Crippen LogP contribution in [0.3, 0.4) is 0 Å². The lowest BCUT2D eigenvalue weighted by Crippen LogP contribution is -2.45. The smallest absolute Gasteiger partial charge is 0.326 e. The van der Waals surface area contributed by atoms with Gasteiger partial charge in [0.2, 0.25) is 0 Å². The summed E-state index contributed by atoms with van der Waals surface area (Å²) in [6.45, 7) is 10.9. The number of aliphatic carboxylic acids is 1. The fraction of sp³-hybridized carbons (Fsp3) is 0.500. The van der Waals surface area contributed by atoms with E-state index in [1.807, 2.05) is 24.8 Å². The number of anilines is 1. The van der Waals surface area contributed by atoms with Crippen molar-refractivity contribution in [3.63, 3.8) is 0 Å². The van der Waals surface area contributed by atoms with E-state index in [9.17, 15) is 20.0 Å². The molecule has 0 aromatic heterocycles. The first-order valence-corrected chi connectivity index (χ1v) is 9.93. The standard InChI is InChI=1S/C22H30N4O3.ClH/c1-15(2)12-19(22(28)29)24-21(27)18(13-23)14-25-8-10-26(11-9-25)20-7-5-6-16(3)17(20)4;/h5-7,14-15,19H,8-12H2,1-4H3,(H,24,27)(H,28,29);1H/b18-14-;. The molecule has 1 amide bonds. The highest BCUT2D eigenvalue weighted by molar-refractivity contribution is 5.99. The number of halogens is 1. The minimum atomic E-state index is -1.09. The normalized spacial score (nSPS) is 15.3. The average molecular weight is 435 g/mol. The second-order valence-electron chi connectivity index (χ2n) is 7.89. The second kappa shape index (κ2) is 11.5. The molecule has 7 nitrogen and oxygen atoms in total. The van der Waals surface area contributed by atoms with Crippen molar-refractivity contribution in [2.45, 2.75) is 40.2 Å². The maximum Gasteiger partial charge on any atom is 0.326 e. The van der Waals surface area contributed by atoms with Gasteiger partial charge >= 0.3 is 5.97 Å². The minimum absolute atomic E-state index is 0. The van der Waals surface area contributed by atoms with Crippen LogP contribution in [-0.2, 0) is 9.59 Å². The lowest BCUT2D eigenvalue weighted by molar-refractivity contribution is -0.141. The highest BCUT2D eigenvalue weighted by atomic mass is 35.5. The number of hydrogen-bond acceptors (Lipinski definition) is 5. The summed E-state index contributed by atoms with van der Waals surface area (Å²) in [4.78, 5) is 28.0. The lowest BCUT2D eigenvalue weighted by atomic mass is 10.0. The summed E-state index contributed by atoms with van der Waals surface area (Å²) in [6, 6.07) is 7.17. The molecule has 1 heterocycles. The summed E-state index contributed by atoms with van der Waals surface area (Å²) in [5.41, 5.74) is 3.66. The molecule has 1 atom stereocenters. The van der Waals surface area contributed by atoms with Crippen LogP contribution in [0.4, 0.5) is 5.69 Å². The zero-order valence-corrected chi connectivity index (χ0v) is 18.8. The van der Waals surface area contributed by atoms with E-state index in [-0.39, 0.29) is 23.9 Å². The van der Waals surface area contributed by atoms with E-state index >= 15 is 0 Å². The number of carboxylic acids is 1. The number of piperazine rings is 1. The van der Waals surface area contributed by atoms with Crippen LogP contribution in [0.5, 0.6) is 0 Å². The van der Waals surface area contributed by atoms with Crippen molar-refractivity contribution < 1.29 is 14.7 Å². The molecule has 0 bridgehead atoms. The first-order chi connectivity index (χ1) is 13.7. The number of benzene rings is 1. The van der Waals surface area contributed by atoms with Gasteiger partial charge in [0.05, 0.1) is 0 Å². The zero-order chi connectivity index (χ0) is 21.6. The van der Waals surface area contributed by atoms with Gasteiger partial charge in [0.15, 0.2) is 0 Å². The Kier molecular flexibility index (Phi) is 9.67. The number of aryl methyl sites for hydroxylation is 1. The third kappa shape index (κ3) is 6.67. The fourth-order valence-electron chi connectivity index (χ4n) is 3.42. The van der Waals surface area contributed by atoms with Crippen molar-refractivity contribution >= 4 is 30.0 Å². The molecular weight excluding hydrogens is 404 g/mol. The van der Waals surface area contributed by atoms with Crippen molar-refractivity contribution in [2.75, 3.05) is 31.1 Å². The molecule has 0 aliphatic carbocycles. The molecule has 1 aliphatic rings. The van der Waals surface area contributed by atoms with Crippen LogP contribution >= 0.6 is 12.4 Å². The van der Waals surface area contributed by atoms with E-state index in [2.05, 4.69) is 42.3 Å². The number of carbonyl (C=O) groups is 2. The number of nitriles is 1. The molecule has 1 aromatic carbocycles. The van der Waals surface area contributed by atoms with Gasteiger partial charge in [-0.3, -0.25) is 4.79 Å². The maximum absolute atomic E-state index is 12.4. The topological polar surface area (TPSA) is 96.7 Å². The Morgan fingerprint density at radius 2 is 1.87 bits per heavy atom. The molecule has 1 aliphatic heterocycles. The zero-order valence-electron chi connectivity index (χ0n) is 18.0. The largest absolute Gasteiger partial charge is 0.480 e. The number of carbonyl (C=O) groups excluding carboxylic acids is 1. The van der Waals surface area contributed by atoms with Gasteiger partial charge in [-0.2, -0.15) is 5.26 Å². The molecule has 2 rings (SSSR count). The van der Waals surface area contributed by atoms with Gasteiger partial charge in [-0.15, -0.1) is 12.4 Å². The van der Waals surface area contributed by atoms with Crippen molar-refractivity contribution in [1.82, 2.24) is 10.2 Å². The Hall–Kier alpha value is -2.72. The number of nitrogens with one attached hydrogen (secondary N) is 1. The van der Waals surface area contributed by atoms with Crippen LogP contribution in [0.1, 0.15) is 31.4 Å².